The van der Waals surface area contributed by atoms with Crippen molar-refractivity contribution in [3.63, 3.8) is 0 Å². The van der Waals surface area contributed by atoms with Gasteiger partial charge in [0, 0.05) is 32.4 Å². The second kappa shape index (κ2) is 5.93. The highest BCUT2D eigenvalue weighted by Crippen LogP contribution is 2.30. The largest absolute Gasteiger partial charge is 0.355 e. The van der Waals surface area contributed by atoms with Crippen LogP contribution in [0.5, 0.6) is 0 Å². The van der Waals surface area contributed by atoms with Crippen molar-refractivity contribution in [2.75, 3.05) is 31.1 Å². The lowest BCUT2D eigenvalue weighted by molar-refractivity contribution is 0.346. The summed E-state index contributed by atoms with van der Waals surface area (Å²) in [6.07, 6.45) is 5.81. The first-order chi connectivity index (χ1) is 10.1. The van der Waals surface area contributed by atoms with E-state index < -0.39 is 10.0 Å². The fraction of sp³-hybridized carbons (Fsp3) is 0.667. The van der Waals surface area contributed by atoms with Gasteiger partial charge in [-0.2, -0.15) is 4.31 Å². The van der Waals surface area contributed by atoms with Crippen LogP contribution in [0.1, 0.15) is 32.6 Å². The number of pyridine rings is 1. The quantitative estimate of drug-likeness (QED) is 0.858. The molecule has 0 amide bonds. The zero-order valence-electron chi connectivity index (χ0n) is 12.5. The van der Waals surface area contributed by atoms with Crippen LogP contribution in [0, 0.1) is 5.92 Å². The van der Waals surface area contributed by atoms with E-state index in [0.29, 0.717) is 29.7 Å². The fourth-order valence-corrected chi connectivity index (χ4v) is 4.87. The Labute approximate surface area is 127 Å². The van der Waals surface area contributed by atoms with Gasteiger partial charge < -0.3 is 4.90 Å². The molecule has 1 aromatic heterocycles. The second-order valence-electron chi connectivity index (χ2n) is 6.13. The summed E-state index contributed by atoms with van der Waals surface area (Å²) in [5, 5.41) is 0. The molecule has 21 heavy (non-hydrogen) atoms. The maximum absolute atomic E-state index is 12.9. The molecule has 3 rings (SSSR count). The first-order valence-corrected chi connectivity index (χ1v) is 9.23. The highest BCUT2D eigenvalue weighted by molar-refractivity contribution is 7.89. The normalized spacial score (nSPS) is 24.4. The number of anilines is 1. The highest BCUT2D eigenvalue weighted by atomic mass is 32.2. The summed E-state index contributed by atoms with van der Waals surface area (Å²) in [5.74, 6) is 1.23. The Morgan fingerprint density at radius 3 is 2.62 bits per heavy atom. The molecule has 0 spiro atoms. The first-order valence-electron chi connectivity index (χ1n) is 7.79. The highest BCUT2D eigenvalue weighted by Gasteiger charge is 2.31. The van der Waals surface area contributed by atoms with Gasteiger partial charge in [-0.15, -0.1) is 0 Å². The van der Waals surface area contributed by atoms with E-state index in [9.17, 15) is 8.42 Å². The Balaban J connectivity index is 1.94. The van der Waals surface area contributed by atoms with Crippen molar-refractivity contribution in [3.8, 4) is 0 Å². The van der Waals surface area contributed by atoms with Gasteiger partial charge in [0.05, 0.1) is 0 Å². The molecule has 0 N–H and O–H groups in total. The van der Waals surface area contributed by atoms with Gasteiger partial charge in [0.25, 0.3) is 0 Å². The molecule has 1 atom stereocenters. The van der Waals surface area contributed by atoms with Crippen LogP contribution in [0.4, 0.5) is 5.82 Å². The number of nitrogens with zero attached hydrogens (tertiary/aromatic N) is 3. The van der Waals surface area contributed by atoms with Gasteiger partial charge >= 0.3 is 0 Å². The molecule has 3 heterocycles. The molecular formula is C15H23N3O2S. The average Bonchev–Trinajstić information content (AvgIpc) is 2.95. The van der Waals surface area contributed by atoms with Crippen LogP contribution < -0.4 is 4.90 Å². The predicted octanol–water partition coefficient (Wildman–Crippen LogP) is 2.10. The van der Waals surface area contributed by atoms with Crippen molar-refractivity contribution < 1.29 is 8.42 Å². The van der Waals surface area contributed by atoms with Gasteiger partial charge in [-0.25, -0.2) is 13.4 Å². The molecule has 1 unspecified atom stereocenters. The Bertz CT molecular complexity index is 597. The van der Waals surface area contributed by atoms with Gasteiger partial charge in [-0.3, -0.25) is 0 Å². The van der Waals surface area contributed by atoms with Gasteiger partial charge in [0.15, 0.2) is 0 Å². The Hall–Kier alpha value is -1.14. The van der Waals surface area contributed by atoms with Crippen molar-refractivity contribution in [1.82, 2.24) is 9.29 Å². The summed E-state index contributed by atoms with van der Waals surface area (Å²) in [6.45, 7) is 5.24. The smallest absolute Gasteiger partial charge is 0.246 e. The summed E-state index contributed by atoms with van der Waals surface area (Å²) in [4.78, 5) is 6.86. The van der Waals surface area contributed by atoms with Crippen molar-refractivity contribution in [2.24, 2.45) is 5.92 Å². The SMILES string of the molecule is CC1CCN(c2ncccc2S(=O)(=O)N2CCCCC2)C1. The molecule has 1 aromatic rings. The van der Waals surface area contributed by atoms with E-state index in [1.807, 2.05) is 0 Å². The van der Waals surface area contributed by atoms with Gasteiger partial charge in [-0.05, 0) is 37.3 Å². The summed E-state index contributed by atoms with van der Waals surface area (Å²) in [7, 11) is -3.42. The summed E-state index contributed by atoms with van der Waals surface area (Å²) < 4.78 is 27.4. The molecule has 2 fully saturated rings. The molecular weight excluding hydrogens is 286 g/mol. The fourth-order valence-electron chi connectivity index (χ4n) is 3.19. The second-order valence-corrected chi connectivity index (χ2v) is 8.04. The number of sulfonamides is 1. The Kier molecular flexibility index (Phi) is 4.17. The van der Waals surface area contributed by atoms with E-state index >= 15 is 0 Å². The van der Waals surface area contributed by atoms with Crippen molar-refractivity contribution in [3.05, 3.63) is 18.3 Å². The molecule has 2 aliphatic heterocycles. The number of hydrogen-bond acceptors (Lipinski definition) is 4. The standard InChI is InChI=1S/C15H23N3O2S/c1-13-7-11-17(12-13)15-14(6-5-8-16-15)21(19,20)18-9-3-2-4-10-18/h5-6,8,13H,2-4,7,9-12H2,1H3. The van der Waals surface area contributed by atoms with Crippen molar-refractivity contribution in [1.29, 1.82) is 0 Å². The zero-order chi connectivity index (χ0) is 14.9. The number of hydrogen-bond donors (Lipinski definition) is 0. The summed E-state index contributed by atoms with van der Waals surface area (Å²) in [6, 6.07) is 3.43. The van der Waals surface area contributed by atoms with E-state index in [4.69, 9.17) is 0 Å². The molecule has 0 saturated carbocycles. The maximum Gasteiger partial charge on any atom is 0.246 e. The van der Waals surface area contributed by atoms with Crippen LogP contribution >= 0.6 is 0 Å². The molecule has 0 bridgehead atoms. The minimum absolute atomic E-state index is 0.376. The molecule has 0 radical (unpaired) electrons. The van der Waals surface area contributed by atoms with Gasteiger partial charge in [0.1, 0.15) is 10.7 Å². The Morgan fingerprint density at radius 1 is 1.19 bits per heavy atom. The topological polar surface area (TPSA) is 53.5 Å². The third-order valence-electron chi connectivity index (χ3n) is 4.41. The van der Waals surface area contributed by atoms with Crippen LogP contribution in [-0.2, 0) is 10.0 Å². The van der Waals surface area contributed by atoms with E-state index in [2.05, 4.69) is 16.8 Å². The van der Waals surface area contributed by atoms with Crippen molar-refractivity contribution in [2.45, 2.75) is 37.5 Å². The average molecular weight is 309 g/mol. The molecule has 5 nitrogen and oxygen atoms in total. The van der Waals surface area contributed by atoms with E-state index in [0.717, 1.165) is 38.8 Å². The number of piperidine rings is 1. The predicted molar refractivity (Wildman–Crippen MR) is 82.8 cm³/mol. The number of aromatic nitrogens is 1. The molecule has 0 aliphatic carbocycles. The maximum atomic E-state index is 12.9. The lowest BCUT2D eigenvalue weighted by atomic mass is 10.2. The van der Waals surface area contributed by atoms with Crippen LogP contribution in [-0.4, -0.2) is 43.9 Å². The molecule has 2 aliphatic rings. The van der Waals surface area contributed by atoms with Crippen LogP contribution in [0.15, 0.2) is 23.2 Å². The van der Waals surface area contributed by atoms with Crippen molar-refractivity contribution >= 4 is 15.8 Å². The molecule has 2 saturated heterocycles. The van der Waals surface area contributed by atoms with E-state index in [1.54, 1.807) is 22.6 Å². The lowest BCUT2D eigenvalue weighted by Gasteiger charge is -2.28. The van der Waals surface area contributed by atoms with Crippen LogP contribution in [0.25, 0.3) is 0 Å². The van der Waals surface area contributed by atoms with Crippen LogP contribution in [0.2, 0.25) is 0 Å². The third-order valence-corrected chi connectivity index (χ3v) is 6.33. The van der Waals surface area contributed by atoms with Crippen LogP contribution in [0.3, 0.4) is 0 Å². The monoisotopic (exact) mass is 309 g/mol. The van der Waals surface area contributed by atoms with E-state index in [-0.39, 0.29) is 0 Å². The minimum atomic E-state index is -3.42. The summed E-state index contributed by atoms with van der Waals surface area (Å²) >= 11 is 0. The van der Waals surface area contributed by atoms with E-state index in [1.165, 1.54) is 0 Å². The minimum Gasteiger partial charge on any atom is -0.355 e. The zero-order valence-corrected chi connectivity index (χ0v) is 13.3. The van der Waals surface area contributed by atoms with Gasteiger partial charge in [-0.1, -0.05) is 13.3 Å². The Morgan fingerprint density at radius 2 is 1.95 bits per heavy atom. The molecule has 116 valence electrons. The summed E-state index contributed by atoms with van der Waals surface area (Å²) in [5.41, 5.74) is 0. The lowest BCUT2D eigenvalue weighted by Crippen LogP contribution is -2.36. The first kappa shape index (κ1) is 14.8. The van der Waals surface area contributed by atoms with Gasteiger partial charge in [0.2, 0.25) is 10.0 Å². The molecule has 6 heteroatoms. The third kappa shape index (κ3) is 2.92. The number of rotatable bonds is 3. The molecule has 0 aromatic carbocycles.